The summed E-state index contributed by atoms with van der Waals surface area (Å²) in [5.74, 6) is 0.391. The van der Waals surface area contributed by atoms with E-state index < -0.39 is 18.0 Å². The quantitative estimate of drug-likeness (QED) is 0.123. The summed E-state index contributed by atoms with van der Waals surface area (Å²) in [5, 5.41) is 3.65. The van der Waals surface area contributed by atoms with E-state index in [0.717, 1.165) is 29.6 Å². The zero-order valence-corrected chi connectivity index (χ0v) is 25.9. The Labute approximate surface area is 257 Å². The first-order chi connectivity index (χ1) is 17.3. The van der Waals surface area contributed by atoms with Crippen LogP contribution in [-0.4, -0.2) is 85.6 Å². The maximum absolute atomic E-state index is 12.9. The van der Waals surface area contributed by atoms with Gasteiger partial charge in [0, 0.05) is 23.5 Å². The molecule has 0 saturated heterocycles. The molecule has 2 N–H and O–H groups in total. The van der Waals surface area contributed by atoms with Gasteiger partial charge in [0.25, 0.3) is 0 Å². The molecule has 11 heteroatoms. The third kappa shape index (κ3) is 8.13. The highest BCUT2D eigenvalue weighted by molar-refractivity contribution is 5.96. The number of H-pyrrole nitrogens is 1. The van der Waals surface area contributed by atoms with E-state index in [4.69, 9.17) is 9.47 Å². The largest absolute Gasteiger partial charge is 1.00 e. The van der Waals surface area contributed by atoms with Gasteiger partial charge in [0.1, 0.15) is 30.5 Å². The summed E-state index contributed by atoms with van der Waals surface area (Å²) in [7, 11) is 3.87. The van der Waals surface area contributed by atoms with Crippen LogP contribution < -0.4 is 58.0 Å². The smallest absolute Gasteiger partial charge is 0.425 e. The molecule has 2 aromatic rings. The lowest BCUT2D eigenvalue weighted by Gasteiger charge is -2.20. The van der Waals surface area contributed by atoms with Crippen LogP contribution in [-0.2, 0) is 25.5 Å². The number of carbonyl (C=O) groups is 3. The molecule has 2 aliphatic rings. The number of benzene rings is 1. The second-order valence-corrected chi connectivity index (χ2v) is 9.14. The number of carbonyl (C=O) groups excluding carboxylic acids is 3. The van der Waals surface area contributed by atoms with Gasteiger partial charge < -0.3 is 67.7 Å². The Kier molecular flexibility index (Phi) is 12.5. The molecule has 0 bridgehead atoms. The number of hydrogen-bond acceptors (Lipinski definition) is 7. The summed E-state index contributed by atoms with van der Waals surface area (Å²) in [6.45, 7) is 4.53. The van der Waals surface area contributed by atoms with Crippen molar-refractivity contribution in [2.45, 2.75) is 19.4 Å². The number of esters is 2. The lowest BCUT2D eigenvalue weighted by Crippen LogP contribution is -3.00. The van der Waals surface area contributed by atoms with Crippen molar-refractivity contribution >= 4 is 28.7 Å². The third-order valence-corrected chi connectivity index (χ3v) is 6.16. The van der Waals surface area contributed by atoms with E-state index in [1.165, 1.54) is 0 Å². The molecular formula is C27H32I2N4O5. The van der Waals surface area contributed by atoms with E-state index in [1.807, 2.05) is 42.1 Å². The number of likely N-dealkylation sites (N-methyl/N-ethyl adjacent to an activating group) is 2. The average Bonchev–Trinajstić information content (AvgIpc) is 3.25. The highest BCUT2D eigenvalue weighted by Crippen LogP contribution is 2.26. The molecule has 1 aromatic carbocycles. The molecule has 0 aliphatic carbocycles. The molecule has 0 spiro atoms. The van der Waals surface area contributed by atoms with Gasteiger partial charge in [-0.15, -0.1) is 0 Å². The van der Waals surface area contributed by atoms with Gasteiger partial charge in [-0.05, 0) is 44.8 Å². The van der Waals surface area contributed by atoms with E-state index in [0.29, 0.717) is 30.7 Å². The molecule has 4 rings (SSSR count). The Bertz CT molecular complexity index is 1180. The first kappa shape index (κ1) is 32.0. The highest BCUT2D eigenvalue weighted by atomic mass is 127. The summed E-state index contributed by atoms with van der Waals surface area (Å²) < 4.78 is 10.9. The second kappa shape index (κ2) is 14.8. The van der Waals surface area contributed by atoms with E-state index in [2.05, 4.69) is 10.3 Å². The zero-order valence-electron chi connectivity index (χ0n) is 21.6. The number of amides is 1. The highest BCUT2D eigenvalue weighted by Gasteiger charge is 2.33. The topological polar surface area (TPSA) is 104 Å². The molecule has 0 saturated carbocycles. The third-order valence-electron chi connectivity index (χ3n) is 6.16. The molecular weight excluding hydrogens is 714 g/mol. The Morgan fingerprint density at radius 3 is 2.37 bits per heavy atom. The van der Waals surface area contributed by atoms with Gasteiger partial charge in [-0.3, -0.25) is 9.80 Å². The minimum absolute atomic E-state index is 0. The van der Waals surface area contributed by atoms with E-state index in [1.54, 1.807) is 37.4 Å². The number of rotatable bonds is 8. The van der Waals surface area contributed by atoms with E-state index in [-0.39, 0.29) is 66.9 Å². The molecule has 0 radical (unpaired) electrons. The normalized spacial score (nSPS) is 16.4. The summed E-state index contributed by atoms with van der Waals surface area (Å²) in [5.41, 5.74) is 1.63. The minimum Gasteiger partial charge on any atom is -1.00 e. The Morgan fingerprint density at radius 1 is 1.05 bits per heavy atom. The zero-order chi connectivity index (χ0) is 25.7. The first-order valence-electron chi connectivity index (χ1n) is 12.1. The molecule has 204 valence electrons. The van der Waals surface area contributed by atoms with Crippen molar-refractivity contribution < 1.29 is 71.8 Å². The molecule has 38 heavy (non-hydrogen) atoms. The van der Waals surface area contributed by atoms with Crippen molar-refractivity contribution in [1.29, 1.82) is 0 Å². The monoisotopic (exact) mass is 746 g/mol. The van der Waals surface area contributed by atoms with Crippen LogP contribution in [0.25, 0.3) is 10.9 Å². The number of halogens is 2. The van der Waals surface area contributed by atoms with E-state index >= 15 is 0 Å². The maximum atomic E-state index is 12.9. The Morgan fingerprint density at radius 2 is 1.71 bits per heavy atom. The van der Waals surface area contributed by atoms with Gasteiger partial charge in [-0.1, -0.05) is 0 Å². The van der Waals surface area contributed by atoms with Crippen molar-refractivity contribution in [3.8, 4) is 5.75 Å². The predicted octanol–water partition coefficient (Wildman–Crippen LogP) is -4.18. The molecule has 1 amide bonds. The van der Waals surface area contributed by atoms with Gasteiger partial charge in [-0.25, -0.2) is 14.4 Å². The van der Waals surface area contributed by atoms with Gasteiger partial charge in [0.15, 0.2) is 11.8 Å². The van der Waals surface area contributed by atoms with Gasteiger partial charge in [0.2, 0.25) is 0 Å². The maximum Gasteiger partial charge on any atom is 0.425 e. The Balaban J connectivity index is 0.00000253. The van der Waals surface area contributed by atoms with E-state index in [9.17, 15) is 14.4 Å². The van der Waals surface area contributed by atoms with Crippen LogP contribution in [0.1, 0.15) is 12.5 Å². The fourth-order valence-corrected chi connectivity index (χ4v) is 4.32. The fraction of sp³-hybridized carbons (Fsp3) is 0.370. The summed E-state index contributed by atoms with van der Waals surface area (Å²) in [6.07, 6.45) is 9.45. The van der Waals surface area contributed by atoms with Gasteiger partial charge in [-0.2, -0.15) is 0 Å². The number of fused-ring (bicyclic) bond motifs is 1. The number of aromatic amines is 1. The number of hydrogen-bond donors (Lipinski definition) is 2. The van der Waals surface area contributed by atoms with Gasteiger partial charge in [0.05, 0.1) is 38.4 Å². The molecule has 1 atom stereocenters. The van der Waals surface area contributed by atoms with Crippen molar-refractivity contribution in [3.63, 3.8) is 0 Å². The molecule has 1 unspecified atom stereocenters. The summed E-state index contributed by atoms with van der Waals surface area (Å²) in [6, 6.07) is 4.46. The van der Waals surface area contributed by atoms with Crippen LogP contribution in [0.4, 0.5) is 0 Å². The van der Waals surface area contributed by atoms with Gasteiger partial charge >= 0.3 is 17.8 Å². The molecule has 0 fully saturated rings. The molecule has 2 aliphatic heterocycles. The lowest BCUT2D eigenvalue weighted by molar-refractivity contribution is -0.147. The van der Waals surface area contributed by atoms with Crippen LogP contribution in [0.15, 0.2) is 48.7 Å². The molecule has 3 heterocycles. The lowest BCUT2D eigenvalue weighted by atomic mass is 10.0. The van der Waals surface area contributed by atoms with Crippen molar-refractivity contribution in [2.75, 3.05) is 46.9 Å². The predicted molar refractivity (Wildman–Crippen MR) is 136 cm³/mol. The number of aromatic nitrogens is 1. The number of nitrogens with one attached hydrogen (secondary N) is 2. The van der Waals surface area contributed by atoms with Crippen molar-refractivity contribution in [1.82, 2.24) is 20.1 Å². The number of nitrogens with zero attached hydrogens (tertiary/aromatic N) is 2. The van der Waals surface area contributed by atoms with Crippen LogP contribution in [0.2, 0.25) is 0 Å². The van der Waals surface area contributed by atoms with Crippen molar-refractivity contribution in [3.05, 3.63) is 66.1 Å². The Hall–Kier alpha value is -2.23. The van der Waals surface area contributed by atoms with Crippen LogP contribution in [0.3, 0.4) is 0 Å². The summed E-state index contributed by atoms with van der Waals surface area (Å²) in [4.78, 5) is 45.5. The molecule has 9 nitrogen and oxygen atoms in total. The number of ether oxygens (including phenoxy) is 2. The summed E-state index contributed by atoms with van der Waals surface area (Å²) >= 11 is 0. The average molecular weight is 746 g/mol. The van der Waals surface area contributed by atoms with Crippen LogP contribution in [0.5, 0.6) is 5.75 Å². The molecule has 1 aromatic heterocycles. The van der Waals surface area contributed by atoms with Crippen LogP contribution in [0, 0.1) is 11.8 Å². The standard InChI is InChI=1S/C27H31N4O5.2HI/c1-4-35-27(34)24(29-25(32)18-7-5-11-30(2)16-18)13-20-15-28-23-10-9-21(14-22(20)23)36-26(33)19-8-6-12-31(3)17-19;;/h5-10,14-15,24,28H,4,11-13,16-17H2,1-3H3;2*1H/q+1;;/p-1. The second-order valence-electron chi connectivity index (χ2n) is 9.14. The van der Waals surface area contributed by atoms with Crippen LogP contribution >= 0.6 is 0 Å². The minimum atomic E-state index is -0.866. The van der Waals surface area contributed by atoms with Crippen molar-refractivity contribution in [2.24, 2.45) is 0 Å². The first-order valence-corrected chi connectivity index (χ1v) is 12.1. The fourth-order valence-electron chi connectivity index (χ4n) is 4.32. The SMILES string of the molecule is CCOC(=O)C(Cc1c[nH]c2ccc(OC(=O)[C+]3C=CCN(C)C3)cc12)NC(=O)[C+]1C=CCN(C)C1.[I-].[I-].